The van der Waals surface area contributed by atoms with Gasteiger partial charge in [0.1, 0.15) is 0 Å². The molecule has 0 bridgehead atoms. The van der Waals surface area contributed by atoms with E-state index in [9.17, 15) is 0 Å². The van der Waals surface area contributed by atoms with Crippen LogP contribution in [0.4, 0.5) is 0 Å². The Balaban J connectivity index is 1.88. The lowest BCUT2D eigenvalue weighted by Gasteiger charge is -2.29. The summed E-state index contributed by atoms with van der Waals surface area (Å²) in [5.41, 5.74) is 0.966. The molecule has 0 saturated heterocycles. The molecule has 0 amide bonds. The Hall–Kier alpha value is -1.30. The highest BCUT2D eigenvalue weighted by atomic mass is 16.5. The van der Waals surface area contributed by atoms with Gasteiger partial charge in [0.05, 0.1) is 18.2 Å². The summed E-state index contributed by atoms with van der Waals surface area (Å²) in [6, 6.07) is 10.7. The molecule has 2 heteroatoms. The molecule has 1 saturated carbocycles. The largest absolute Gasteiger partial charge is 0.372 e. The molecule has 1 fully saturated rings. The lowest BCUT2D eigenvalue weighted by Crippen LogP contribution is -2.48. The smallest absolute Gasteiger partial charge is 0.0744 e. The Morgan fingerprint density at radius 2 is 2.05 bits per heavy atom. The van der Waals surface area contributed by atoms with Gasteiger partial charge < -0.3 is 4.74 Å². The Labute approximate surface area is 116 Å². The second-order valence-electron chi connectivity index (χ2n) is 5.79. The molecule has 0 aliphatic heterocycles. The fraction of sp³-hybridized carbons (Fsp3) is 0.529. The second kappa shape index (κ2) is 6.23. The minimum absolute atomic E-state index is 0.261. The summed E-state index contributed by atoms with van der Waals surface area (Å²) in [5.74, 6) is 2.80. The van der Waals surface area contributed by atoms with Crippen molar-refractivity contribution in [3.8, 4) is 12.3 Å². The minimum atomic E-state index is -0.261. The number of nitrogens with one attached hydrogen (secondary N) is 1. The number of hydrogen-bond donors (Lipinski definition) is 1. The predicted molar refractivity (Wildman–Crippen MR) is 78.7 cm³/mol. The van der Waals surface area contributed by atoms with E-state index in [1.165, 1.54) is 12.0 Å². The number of ether oxygens (including phenoxy) is 1. The zero-order valence-corrected chi connectivity index (χ0v) is 11.9. The van der Waals surface area contributed by atoms with Crippen molar-refractivity contribution in [2.24, 2.45) is 0 Å². The van der Waals surface area contributed by atoms with E-state index in [0.29, 0.717) is 12.6 Å². The maximum Gasteiger partial charge on any atom is 0.0744 e. The van der Waals surface area contributed by atoms with Gasteiger partial charge in [0, 0.05) is 6.04 Å². The highest BCUT2D eigenvalue weighted by Crippen LogP contribution is 2.25. The van der Waals surface area contributed by atoms with Gasteiger partial charge in [0.2, 0.25) is 0 Å². The van der Waals surface area contributed by atoms with E-state index >= 15 is 0 Å². The van der Waals surface area contributed by atoms with Crippen molar-refractivity contribution in [3.63, 3.8) is 0 Å². The first kappa shape index (κ1) is 14.1. The van der Waals surface area contributed by atoms with E-state index < -0.39 is 0 Å². The van der Waals surface area contributed by atoms with Crippen LogP contribution >= 0.6 is 0 Å². The number of rotatable bonds is 5. The van der Waals surface area contributed by atoms with Gasteiger partial charge in [0.15, 0.2) is 0 Å². The first-order valence-electron chi connectivity index (χ1n) is 7.02. The monoisotopic (exact) mass is 257 g/mol. The first-order valence-corrected chi connectivity index (χ1v) is 7.02. The third kappa shape index (κ3) is 4.09. The molecule has 0 spiro atoms. The predicted octanol–water partition coefficient (Wildman–Crippen LogP) is 3.13. The SMILES string of the molecule is C#CC(C)(C)N[C@@H]1CCC[C@H]1OCc1ccccc1. The van der Waals surface area contributed by atoms with Crippen molar-refractivity contribution in [3.05, 3.63) is 35.9 Å². The van der Waals surface area contributed by atoms with Crippen LogP contribution in [-0.2, 0) is 11.3 Å². The lowest BCUT2D eigenvalue weighted by atomic mass is 10.0. The molecule has 0 unspecified atom stereocenters. The number of benzene rings is 1. The van der Waals surface area contributed by atoms with Gasteiger partial charge in [0.25, 0.3) is 0 Å². The van der Waals surface area contributed by atoms with Crippen molar-refractivity contribution in [2.45, 2.75) is 57.4 Å². The molecule has 1 aliphatic rings. The van der Waals surface area contributed by atoms with Crippen LogP contribution in [-0.4, -0.2) is 17.7 Å². The van der Waals surface area contributed by atoms with Crippen LogP contribution in [0.3, 0.4) is 0 Å². The molecule has 2 atom stereocenters. The Kier molecular flexibility index (Phi) is 4.63. The zero-order chi connectivity index (χ0) is 13.7. The van der Waals surface area contributed by atoms with Crippen molar-refractivity contribution < 1.29 is 4.74 Å². The molecular formula is C17H23NO. The quantitative estimate of drug-likeness (QED) is 0.818. The first-order chi connectivity index (χ1) is 9.11. The summed E-state index contributed by atoms with van der Waals surface area (Å²) < 4.78 is 6.06. The summed E-state index contributed by atoms with van der Waals surface area (Å²) >= 11 is 0. The molecule has 2 nitrogen and oxygen atoms in total. The molecular weight excluding hydrogens is 234 g/mol. The molecule has 1 aromatic rings. The standard InChI is InChI=1S/C17H23NO/c1-4-17(2,3)18-15-11-8-12-16(15)19-13-14-9-6-5-7-10-14/h1,5-7,9-10,15-16,18H,8,11-13H2,2-3H3/t15-,16-/m1/s1. The third-order valence-corrected chi connectivity index (χ3v) is 3.67. The Bertz CT molecular complexity index is 432. The van der Waals surface area contributed by atoms with Gasteiger partial charge in [-0.05, 0) is 38.7 Å². The van der Waals surface area contributed by atoms with Crippen LogP contribution in [0.2, 0.25) is 0 Å². The van der Waals surface area contributed by atoms with E-state index in [-0.39, 0.29) is 11.6 Å². The Morgan fingerprint density at radius 3 is 2.74 bits per heavy atom. The van der Waals surface area contributed by atoms with Crippen LogP contribution in [0.5, 0.6) is 0 Å². The van der Waals surface area contributed by atoms with Crippen molar-refractivity contribution in [2.75, 3.05) is 0 Å². The van der Waals surface area contributed by atoms with E-state index in [4.69, 9.17) is 11.2 Å². The molecule has 102 valence electrons. The molecule has 2 rings (SSSR count). The average molecular weight is 257 g/mol. The van der Waals surface area contributed by atoms with Crippen molar-refractivity contribution in [1.82, 2.24) is 5.32 Å². The normalized spacial score (nSPS) is 23.2. The highest BCUT2D eigenvalue weighted by molar-refractivity contribution is 5.14. The third-order valence-electron chi connectivity index (χ3n) is 3.67. The number of hydrogen-bond acceptors (Lipinski definition) is 2. The van der Waals surface area contributed by atoms with Crippen LogP contribution in [0.1, 0.15) is 38.7 Å². The second-order valence-corrected chi connectivity index (χ2v) is 5.79. The maximum atomic E-state index is 6.06. The molecule has 0 radical (unpaired) electrons. The van der Waals surface area contributed by atoms with Gasteiger partial charge in [-0.3, -0.25) is 5.32 Å². The van der Waals surface area contributed by atoms with Crippen LogP contribution in [0.15, 0.2) is 30.3 Å². The topological polar surface area (TPSA) is 21.3 Å². The van der Waals surface area contributed by atoms with E-state index in [1.807, 2.05) is 32.0 Å². The van der Waals surface area contributed by atoms with Gasteiger partial charge in [-0.2, -0.15) is 0 Å². The molecule has 0 heterocycles. The fourth-order valence-electron chi connectivity index (χ4n) is 2.57. The van der Waals surface area contributed by atoms with Gasteiger partial charge in [-0.1, -0.05) is 36.3 Å². The fourth-order valence-corrected chi connectivity index (χ4v) is 2.57. The van der Waals surface area contributed by atoms with E-state index in [0.717, 1.165) is 12.8 Å². The summed E-state index contributed by atoms with van der Waals surface area (Å²) in [6.07, 6.45) is 9.28. The maximum absolute atomic E-state index is 6.06. The van der Waals surface area contributed by atoms with Gasteiger partial charge in [-0.25, -0.2) is 0 Å². The van der Waals surface area contributed by atoms with Crippen LogP contribution in [0, 0.1) is 12.3 Å². The highest BCUT2D eigenvalue weighted by Gasteiger charge is 2.31. The summed E-state index contributed by atoms with van der Waals surface area (Å²) in [6.45, 7) is 4.76. The average Bonchev–Trinajstić information content (AvgIpc) is 2.84. The van der Waals surface area contributed by atoms with Gasteiger partial charge in [-0.15, -0.1) is 6.42 Å². The Morgan fingerprint density at radius 1 is 1.32 bits per heavy atom. The van der Waals surface area contributed by atoms with E-state index in [1.54, 1.807) is 0 Å². The lowest BCUT2D eigenvalue weighted by molar-refractivity contribution is 0.0241. The summed E-state index contributed by atoms with van der Waals surface area (Å²) in [4.78, 5) is 0. The molecule has 19 heavy (non-hydrogen) atoms. The minimum Gasteiger partial charge on any atom is -0.372 e. The zero-order valence-electron chi connectivity index (χ0n) is 11.9. The molecule has 1 aromatic carbocycles. The van der Waals surface area contributed by atoms with Gasteiger partial charge >= 0.3 is 0 Å². The molecule has 1 aliphatic carbocycles. The van der Waals surface area contributed by atoms with Crippen molar-refractivity contribution >= 4 is 0 Å². The van der Waals surface area contributed by atoms with Crippen LogP contribution in [0.25, 0.3) is 0 Å². The summed E-state index contributed by atoms with van der Waals surface area (Å²) in [7, 11) is 0. The van der Waals surface area contributed by atoms with E-state index in [2.05, 4.69) is 23.4 Å². The molecule has 0 aromatic heterocycles. The molecule has 1 N–H and O–H groups in total. The van der Waals surface area contributed by atoms with Crippen LogP contribution < -0.4 is 5.32 Å². The van der Waals surface area contributed by atoms with Crippen molar-refractivity contribution in [1.29, 1.82) is 0 Å². The summed E-state index contributed by atoms with van der Waals surface area (Å²) in [5, 5.41) is 3.53. The number of terminal acetylenes is 1.